The highest BCUT2D eigenvalue weighted by Gasteiger charge is 2.34. The van der Waals surface area contributed by atoms with Gasteiger partial charge in [0, 0.05) is 16.4 Å². The van der Waals surface area contributed by atoms with Crippen LogP contribution in [0.1, 0.15) is 10.5 Å². The molecule has 0 unspecified atom stereocenters. The topological polar surface area (TPSA) is 54.0 Å². The molecule has 1 aromatic heterocycles. The zero-order valence-electron chi connectivity index (χ0n) is 11.1. The molecular formula is C14H11BrCl3N3O. The zero-order chi connectivity index (χ0) is 16.2. The minimum Gasteiger partial charge on any atom is -0.362 e. The van der Waals surface area contributed by atoms with E-state index >= 15 is 0 Å². The highest BCUT2D eigenvalue weighted by atomic mass is 79.9. The molecule has 0 radical (unpaired) electrons. The summed E-state index contributed by atoms with van der Waals surface area (Å²) < 4.78 is -0.821. The molecule has 1 aromatic carbocycles. The van der Waals surface area contributed by atoms with E-state index in [1.165, 1.54) is 6.20 Å². The zero-order valence-corrected chi connectivity index (χ0v) is 14.9. The third-order valence-corrected chi connectivity index (χ3v) is 3.84. The molecule has 2 rings (SSSR count). The lowest BCUT2D eigenvalue weighted by Crippen LogP contribution is -2.49. The van der Waals surface area contributed by atoms with E-state index in [1.807, 2.05) is 12.1 Å². The Labute approximate surface area is 151 Å². The van der Waals surface area contributed by atoms with Gasteiger partial charge in [-0.1, -0.05) is 56.8 Å². The Hall–Kier alpha value is -1.01. The van der Waals surface area contributed by atoms with Crippen LogP contribution in [0, 0.1) is 0 Å². The van der Waals surface area contributed by atoms with Gasteiger partial charge in [-0.15, -0.1) is 0 Å². The van der Waals surface area contributed by atoms with Crippen LogP contribution in [0.4, 0.5) is 5.69 Å². The van der Waals surface area contributed by atoms with Crippen molar-refractivity contribution in [1.82, 2.24) is 10.3 Å². The van der Waals surface area contributed by atoms with E-state index in [1.54, 1.807) is 30.3 Å². The molecule has 4 nitrogen and oxygen atoms in total. The van der Waals surface area contributed by atoms with E-state index in [4.69, 9.17) is 34.8 Å². The van der Waals surface area contributed by atoms with Crippen LogP contribution in [-0.2, 0) is 0 Å². The summed E-state index contributed by atoms with van der Waals surface area (Å²) >= 11 is 21.1. The molecule has 0 saturated heterocycles. The van der Waals surface area contributed by atoms with Crippen LogP contribution in [0.15, 0.2) is 53.1 Å². The molecule has 1 amide bonds. The summed E-state index contributed by atoms with van der Waals surface area (Å²) in [5.41, 5.74) is 0.931. The summed E-state index contributed by atoms with van der Waals surface area (Å²) in [4.78, 5) is 16.1. The van der Waals surface area contributed by atoms with Gasteiger partial charge in [-0.25, -0.2) is 0 Å². The number of carbonyl (C=O) groups excluding carboxylic acids is 1. The Morgan fingerprint density at radius 1 is 1.14 bits per heavy atom. The van der Waals surface area contributed by atoms with Gasteiger partial charge in [0.15, 0.2) is 0 Å². The average Bonchev–Trinajstić information content (AvgIpc) is 2.48. The second-order valence-corrected chi connectivity index (χ2v) is 7.60. The molecular weight excluding hydrogens is 412 g/mol. The molecule has 0 aliphatic heterocycles. The number of pyridine rings is 1. The van der Waals surface area contributed by atoms with Crippen molar-refractivity contribution in [1.29, 1.82) is 0 Å². The Balaban J connectivity index is 2.13. The number of benzene rings is 1. The molecule has 22 heavy (non-hydrogen) atoms. The van der Waals surface area contributed by atoms with Gasteiger partial charge in [-0.2, -0.15) is 0 Å². The molecule has 2 N–H and O–H groups in total. The summed E-state index contributed by atoms with van der Waals surface area (Å²) in [6.07, 6.45) is 0.592. The highest BCUT2D eigenvalue weighted by molar-refractivity contribution is 9.10. The van der Waals surface area contributed by atoms with E-state index in [0.717, 1.165) is 4.47 Å². The standard InChI is InChI=1S/C14H11BrCl3N3O/c15-9-4-6-10(7-5-9)20-13(14(16,17)18)21-12(22)11-3-1-2-8-19-11/h1-8,13,20H,(H,21,22)/t13-/m0/s1. The molecule has 0 bridgehead atoms. The number of nitrogens with one attached hydrogen (secondary N) is 2. The maximum atomic E-state index is 12.1. The molecule has 0 aliphatic carbocycles. The molecule has 0 fully saturated rings. The minimum atomic E-state index is -1.74. The number of halogens is 4. The van der Waals surface area contributed by atoms with E-state index in [-0.39, 0.29) is 5.69 Å². The Kier molecular flexibility index (Phi) is 5.92. The Bertz CT molecular complexity index is 632. The highest BCUT2D eigenvalue weighted by Crippen LogP contribution is 2.31. The summed E-state index contributed by atoms with van der Waals surface area (Å²) in [7, 11) is 0. The van der Waals surface area contributed by atoms with E-state index in [2.05, 4.69) is 31.5 Å². The normalized spacial score (nSPS) is 12.5. The maximum absolute atomic E-state index is 12.1. The van der Waals surface area contributed by atoms with Crippen molar-refractivity contribution in [3.8, 4) is 0 Å². The minimum absolute atomic E-state index is 0.236. The third-order valence-electron chi connectivity index (χ3n) is 2.66. The monoisotopic (exact) mass is 421 g/mol. The number of nitrogens with zero attached hydrogens (tertiary/aromatic N) is 1. The van der Waals surface area contributed by atoms with Crippen LogP contribution in [-0.4, -0.2) is 20.8 Å². The van der Waals surface area contributed by atoms with Crippen LogP contribution < -0.4 is 10.6 Å². The second-order valence-electron chi connectivity index (χ2n) is 4.31. The Morgan fingerprint density at radius 3 is 2.36 bits per heavy atom. The smallest absolute Gasteiger partial charge is 0.271 e. The Morgan fingerprint density at radius 2 is 1.82 bits per heavy atom. The molecule has 0 saturated carbocycles. The van der Waals surface area contributed by atoms with E-state index in [9.17, 15) is 4.79 Å². The molecule has 8 heteroatoms. The van der Waals surface area contributed by atoms with Gasteiger partial charge < -0.3 is 10.6 Å². The lowest BCUT2D eigenvalue weighted by molar-refractivity contribution is 0.0937. The first-order valence-electron chi connectivity index (χ1n) is 6.17. The van der Waals surface area contributed by atoms with Gasteiger partial charge in [-0.3, -0.25) is 9.78 Å². The van der Waals surface area contributed by atoms with Gasteiger partial charge in [0.05, 0.1) is 0 Å². The molecule has 1 atom stereocenters. The van der Waals surface area contributed by atoms with Crippen molar-refractivity contribution in [2.24, 2.45) is 0 Å². The number of amides is 1. The quantitative estimate of drug-likeness (QED) is 0.567. The van der Waals surface area contributed by atoms with Crippen LogP contribution in [0.3, 0.4) is 0 Å². The average molecular weight is 424 g/mol. The van der Waals surface area contributed by atoms with Gasteiger partial charge in [-0.05, 0) is 36.4 Å². The fourth-order valence-electron chi connectivity index (χ4n) is 1.61. The van der Waals surface area contributed by atoms with Crippen molar-refractivity contribution in [3.05, 3.63) is 58.8 Å². The predicted octanol–water partition coefficient (Wildman–Crippen LogP) is 4.38. The predicted molar refractivity (Wildman–Crippen MR) is 93.5 cm³/mol. The lowest BCUT2D eigenvalue weighted by Gasteiger charge is -2.27. The number of anilines is 1. The molecule has 1 heterocycles. The van der Waals surface area contributed by atoms with Crippen LogP contribution in [0.25, 0.3) is 0 Å². The fraction of sp³-hybridized carbons (Fsp3) is 0.143. The molecule has 2 aromatic rings. The van der Waals surface area contributed by atoms with Crippen molar-refractivity contribution in [3.63, 3.8) is 0 Å². The summed E-state index contributed by atoms with van der Waals surface area (Å²) in [5.74, 6) is -0.443. The van der Waals surface area contributed by atoms with Crippen molar-refractivity contribution in [2.75, 3.05) is 5.32 Å². The fourth-order valence-corrected chi connectivity index (χ4v) is 2.21. The van der Waals surface area contributed by atoms with Crippen LogP contribution in [0.2, 0.25) is 0 Å². The molecule has 116 valence electrons. The van der Waals surface area contributed by atoms with Crippen molar-refractivity contribution < 1.29 is 4.79 Å². The summed E-state index contributed by atoms with van der Waals surface area (Å²) in [5, 5.41) is 5.59. The first-order valence-corrected chi connectivity index (χ1v) is 8.09. The lowest BCUT2D eigenvalue weighted by atomic mass is 10.3. The SMILES string of the molecule is O=C(N[C@H](Nc1ccc(Br)cc1)C(Cl)(Cl)Cl)c1ccccn1. The molecule has 0 aliphatic rings. The largest absolute Gasteiger partial charge is 0.362 e. The number of aromatic nitrogens is 1. The number of rotatable bonds is 4. The van der Waals surface area contributed by atoms with Gasteiger partial charge >= 0.3 is 0 Å². The van der Waals surface area contributed by atoms with Crippen LogP contribution in [0.5, 0.6) is 0 Å². The second kappa shape index (κ2) is 7.51. The van der Waals surface area contributed by atoms with Crippen molar-refractivity contribution >= 4 is 62.3 Å². The van der Waals surface area contributed by atoms with E-state index in [0.29, 0.717) is 5.69 Å². The van der Waals surface area contributed by atoms with E-state index < -0.39 is 15.9 Å². The third kappa shape index (κ3) is 5.02. The number of alkyl halides is 3. The first kappa shape index (κ1) is 17.3. The number of hydrogen-bond donors (Lipinski definition) is 2. The maximum Gasteiger partial charge on any atom is 0.271 e. The van der Waals surface area contributed by atoms with Crippen LogP contribution >= 0.6 is 50.7 Å². The van der Waals surface area contributed by atoms with Gasteiger partial charge in [0.1, 0.15) is 11.9 Å². The van der Waals surface area contributed by atoms with Crippen molar-refractivity contribution in [2.45, 2.75) is 9.96 Å². The summed E-state index contributed by atoms with van der Waals surface area (Å²) in [6, 6.07) is 12.2. The summed E-state index contributed by atoms with van der Waals surface area (Å²) in [6.45, 7) is 0. The van der Waals surface area contributed by atoms with Gasteiger partial charge in [0.25, 0.3) is 5.91 Å². The number of hydrogen-bond acceptors (Lipinski definition) is 3. The molecule has 0 spiro atoms. The number of carbonyl (C=O) groups is 1. The first-order chi connectivity index (χ1) is 10.4. The van der Waals surface area contributed by atoms with Gasteiger partial charge in [0.2, 0.25) is 3.79 Å².